The number of aliphatic hydroxyl groups excluding tert-OH is 11. The standard InChI is InChI=1S/C87H149NO18/c1-3-5-7-9-11-13-15-17-19-21-23-25-26-27-28-29-30-31-32-33-34-35-36-37-38-39-40-41-42-43-44-45-47-49-51-53-55-57-59-61-63-65-75(93)88-70(71(92)64-62-60-58-56-54-52-50-48-46-24-22-20-18-16-14-12-10-8-6-4-2)69-101-85-81(99)78(96)83(73(67-90)103-85)106-87-82(100)79(97)84(74(68-91)104-87)105-86-80(98)77(95)76(94)72(66-89)102-86/h5,7,11,13,17,19,23,25,27-28,30-31,33-34,36-37,54,56,62,64,70-74,76-87,89-92,94-100H,3-4,6,8-10,12,14-16,18,20-22,24,26,29,32,35,38-53,55,57-61,63,65-69H2,1-2H3,(H,88,93)/b7-5-,13-11-,19-17-,25-23-,28-27-,31-30-,34-33-,37-36-,56-54+,64-62+. The summed E-state index contributed by atoms with van der Waals surface area (Å²) in [5, 5.41) is 121. The fraction of sp³-hybridized carbons (Fsp3) is 0.759. The molecule has 19 nitrogen and oxygen atoms in total. The maximum absolute atomic E-state index is 13.5. The number of nitrogens with one attached hydrogen (secondary N) is 1. The maximum Gasteiger partial charge on any atom is 0.220 e. The van der Waals surface area contributed by atoms with E-state index in [-0.39, 0.29) is 18.9 Å². The molecule has 0 saturated carbocycles. The summed E-state index contributed by atoms with van der Waals surface area (Å²) in [6.45, 7) is 1.62. The van der Waals surface area contributed by atoms with E-state index in [4.69, 9.17) is 28.4 Å². The summed E-state index contributed by atoms with van der Waals surface area (Å²) >= 11 is 0. The average molecular weight is 1500 g/mol. The highest BCUT2D eigenvalue weighted by atomic mass is 16.8. The van der Waals surface area contributed by atoms with E-state index < -0.39 is 124 Å². The molecule has 106 heavy (non-hydrogen) atoms. The fourth-order valence-electron chi connectivity index (χ4n) is 13.3. The van der Waals surface area contributed by atoms with Crippen molar-refractivity contribution in [3.8, 4) is 0 Å². The monoisotopic (exact) mass is 1500 g/mol. The highest BCUT2D eigenvalue weighted by Gasteiger charge is 2.54. The van der Waals surface area contributed by atoms with Crippen LogP contribution in [-0.2, 0) is 33.2 Å². The van der Waals surface area contributed by atoms with Gasteiger partial charge in [-0.2, -0.15) is 0 Å². The molecule has 0 spiro atoms. The smallest absolute Gasteiger partial charge is 0.220 e. The van der Waals surface area contributed by atoms with Crippen LogP contribution >= 0.6 is 0 Å². The Morgan fingerprint density at radius 1 is 0.349 bits per heavy atom. The predicted octanol–water partition coefficient (Wildman–Crippen LogP) is 14.7. The number of allylic oxidation sites excluding steroid dienone is 19. The van der Waals surface area contributed by atoms with Crippen LogP contribution in [0, 0.1) is 0 Å². The van der Waals surface area contributed by atoms with Gasteiger partial charge in [-0.25, -0.2) is 0 Å². The van der Waals surface area contributed by atoms with Crippen LogP contribution in [-0.4, -0.2) is 193 Å². The Morgan fingerprint density at radius 3 is 1.06 bits per heavy atom. The minimum Gasteiger partial charge on any atom is -0.394 e. The van der Waals surface area contributed by atoms with Crippen molar-refractivity contribution in [3.63, 3.8) is 0 Å². The van der Waals surface area contributed by atoms with Crippen LogP contribution in [0.25, 0.3) is 0 Å². The molecular weight excluding hydrogens is 1350 g/mol. The number of unbranched alkanes of at least 4 members (excludes halogenated alkanes) is 31. The summed E-state index contributed by atoms with van der Waals surface area (Å²) in [6.07, 6.45) is 66.2. The molecule has 1 amide bonds. The second kappa shape index (κ2) is 65.9. The quantitative estimate of drug-likeness (QED) is 0.0199. The molecule has 3 saturated heterocycles. The lowest BCUT2D eigenvalue weighted by Gasteiger charge is -2.48. The largest absolute Gasteiger partial charge is 0.394 e. The lowest BCUT2D eigenvalue weighted by molar-refractivity contribution is -0.379. The maximum atomic E-state index is 13.5. The number of carbonyl (C=O) groups excluding carboxylic acids is 1. The van der Waals surface area contributed by atoms with Crippen LogP contribution in [0.4, 0.5) is 0 Å². The van der Waals surface area contributed by atoms with E-state index in [0.29, 0.717) is 12.8 Å². The van der Waals surface area contributed by atoms with Crippen molar-refractivity contribution in [3.05, 3.63) is 122 Å². The van der Waals surface area contributed by atoms with Gasteiger partial charge >= 0.3 is 0 Å². The number of aliphatic hydroxyl groups is 11. The van der Waals surface area contributed by atoms with Crippen molar-refractivity contribution in [1.29, 1.82) is 0 Å². The summed E-state index contributed by atoms with van der Waals surface area (Å²) < 4.78 is 34.4. The molecule has 17 atom stereocenters. The van der Waals surface area contributed by atoms with Crippen molar-refractivity contribution in [2.75, 3.05) is 26.4 Å². The number of amides is 1. The van der Waals surface area contributed by atoms with E-state index in [1.807, 2.05) is 6.08 Å². The van der Waals surface area contributed by atoms with Gasteiger partial charge in [0.25, 0.3) is 0 Å². The van der Waals surface area contributed by atoms with Crippen LogP contribution in [0.3, 0.4) is 0 Å². The molecule has 12 N–H and O–H groups in total. The van der Waals surface area contributed by atoms with Gasteiger partial charge in [-0.3, -0.25) is 4.79 Å². The summed E-state index contributed by atoms with van der Waals surface area (Å²) in [7, 11) is 0. The molecule has 3 aliphatic rings. The summed E-state index contributed by atoms with van der Waals surface area (Å²) in [5.74, 6) is -0.286. The van der Waals surface area contributed by atoms with E-state index in [1.54, 1.807) is 6.08 Å². The SMILES string of the molecule is CC/C=C\C/C=C\C/C=C\C/C=C\C/C=C\C/C=C\C/C=C\C/C=C\CCCCCCCCCCCCCCCCCCC(=O)NC(COC1OC(CO)C(OC2OC(CO)C(OC3OC(CO)C(O)C(O)C3O)C(O)C2O)C(O)C1O)C(O)/C=C/CC/C=C/CCCCCCCCCCCCCCCC. The lowest BCUT2D eigenvalue weighted by Crippen LogP contribution is -2.66. The first-order valence-corrected chi connectivity index (χ1v) is 41.8. The average Bonchev–Trinajstić information content (AvgIpc) is 0.780. The summed E-state index contributed by atoms with van der Waals surface area (Å²) in [6, 6.07) is -0.997. The second-order valence-corrected chi connectivity index (χ2v) is 29.2. The van der Waals surface area contributed by atoms with E-state index in [0.717, 1.165) is 89.9 Å². The Kier molecular flexibility index (Phi) is 59.9. The number of ether oxygens (including phenoxy) is 6. The minimum atomic E-state index is -1.99. The third kappa shape index (κ3) is 44.9. The van der Waals surface area contributed by atoms with Crippen molar-refractivity contribution < 1.29 is 89.4 Å². The zero-order valence-corrected chi connectivity index (χ0v) is 65.4. The van der Waals surface area contributed by atoms with Gasteiger partial charge in [0, 0.05) is 6.42 Å². The fourth-order valence-corrected chi connectivity index (χ4v) is 13.3. The number of hydrogen-bond acceptors (Lipinski definition) is 18. The molecule has 0 radical (unpaired) electrons. The highest BCUT2D eigenvalue weighted by molar-refractivity contribution is 5.76. The van der Waals surface area contributed by atoms with Crippen molar-refractivity contribution in [1.82, 2.24) is 5.32 Å². The topological polar surface area (TPSA) is 307 Å². The molecule has 0 aromatic rings. The summed E-state index contributed by atoms with van der Waals surface area (Å²) in [4.78, 5) is 13.5. The zero-order valence-electron chi connectivity index (χ0n) is 65.4. The number of carbonyl (C=O) groups is 1. The molecular formula is C87H149NO18. The molecule has 610 valence electrons. The molecule has 0 bridgehead atoms. The summed E-state index contributed by atoms with van der Waals surface area (Å²) in [5.41, 5.74) is 0. The molecule has 0 aromatic heterocycles. The van der Waals surface area contributed by atoms with E-state index in [9.17, 15) is 61.0 Å². The van der Waals surface area contributed by atoms with Crippen LogP contribution in [0.5, 0.6) is 0 Å². The van der Waals surface area contributed by atoms with E-state index in [2.05, 4.69) is 129 Å². The molecule has 3 aliphatic heterocycles. The van der Waals surface area contributed by atoms with Gasteiger partial charge in [0.1, 0.15) is 73.2 Å². The first-order chi connectivity index (χ1) is 51.8. The molecule has 3 heterocycles. The van der Waals surface area contributed by atoms with Crippen LogP contribution in [0.1, 0.15) is 290 Å². The molecule has 0 aromatic carbocycles. The van der Waals surface area contributed by atoms with Gasteiger partial charge in [0.15, 0.2) is 18.9 Å². The third-order valence-electron chi connectivity index (χ3n) is 20.0. The van der Waals surface area contributed by atoms with Gasteiger partial charge in [-0.15, -0.1) is 0 Å². The Bertz CT molecular complexity index is 2390. The van der Waals surface area contributed by atoms with E-state index >= 15 is 0 Å². The molecule has 3 fully saturated rings. The van der Waals surface area contributed by atoms with Crippen LogP contribution in [0.15, 0.2) is 122 Å². The predicted molar refractivity (Wildman–Crippen MR) is 424 cm³/mol. The first-order valence-electron chi connectivity index (χ1n) is 41.8. The Morgan fingerprint density at radius 2 is 0.660 bits per heavy atom. The normalized spacial score (nSPS) is 26.3. The lowest BCUT2D eigenvalue weighted by atomic mass is 9.96. The molecule has 0 aliphatic carbocycles. The third-order valence-corrected chi connectivity index (χ3v) is 20.0. The van der Waals surface area contributed by atoms with E-state index in [1.165, 1.54) is 167 Å². The minimum absolute atomic E-state index is 0.231. The Hall–Kier alpha value is -3.81. The second-order valence-electron chi connectivity index (χ2n) is 29.2. The highest BCUT2D eigenvalue weighted by Crippen LogP contribution is 2.33. The first kappa shape index (κ1) is 96.4. The van der Waals surface area contributed by atoms with Crippen molar-refractivity contribution in [2.24, 2.45) is 0 Å². The Balaban J connectivity index is 1.32. The van der Waals surface area contributed by atoms with Gasteiger partial charge in [0.2, 0.25) is 5.91 Å². The van der Waals surface area contributed by atoms with Gasteiger partial charge < -0.3 is 89.9 Å². The zero-order chi connectivity index (χ0) is 76.7. The van der Waals surface area contributed by atoms with Gasteiger partial charge in [-0.05, 0) is 96.3 Å². The van der Waals surface area contributed by atoms with Gasteiger partial charge in [0.05, 0.1) is 38.6 Å². The number of hydrogen-bond donors (Lipinski definition) is 12. The van der Waals surface area contributed by atoms with Crippen LogP contribution in [0.2, 0.25) is 0 Å². The van der Waals surface area contributed by atoms with Crippen molar-refractivity contribution in [2.45, 2.75) is 394 Å². The molecule has 19 heteroatoms. The molecule has 3 rings (SSSR count). The number of rotatable bonds is 65. The Labute approximate surface area is 639 Å². The van der Waals surface area contributed by atoms with Crippen LogP contribution < -0.4 is 5.32 Å². The van der Waals surface area contributed by atoms with Gasteiger partial charge in [-0.1, -0.05) is 309 Å². The van der Waals surface area contributed by atoms with Crippen molar-refractivity contribution >= 4 is 5.91 Å². The molecule has 17 unspecified atom stereocenters.